The summed E-state index contributed by atoms with van der Waals surface area (Å²) in [5.41, 5.74) is 0.853. The van der Waals surface area contributed by atoms with Crippen molar-refractivity contribution < 1.29 is 24.1 Å². The van der Waals surface area contributed by atoms with Gasteiger partial charge in [0.1, 0.15) is 0 Å². The Hall–Kier alpha value is -1.91. The fraction of sp³-hybridized carbons (Fsp3) is 0.300. The highest BCUT2D eigenvalue weighted by Gasteiger charge is 2.34. The minimum atomic E-state index is -0.959. The predicted octanol–water partition coefficient (Wildman–Crippen LogP) is 0.803. The lowest BCUT2D eigenvalue weighted by Crippen LogP contribution is -2.24. The minimum Gasteiger partial charge on any atom is -0.478 e. The molecule has 1 aromatic carbocycles. The Morgan fingerprint density at radius 1 is 1.33 bits per heavy atom. The van der Waals surface area contributed by atoms with Gasteiger partial charge in [-0.1, -0.05) is 6.07 Å². The molecule has 78 valence electrons. The molecule has 5 nitrogen and oxygen atoms in total. The number of rotatable bonds is 1. The summed E-state index contributed by atoms with van der Waals surface area (Å²) in [6.45, 7) is 0.160. The van der Waals surface area contributed by atoms with Gasteiger partial charge >= 0.3 is 5.97 Å². The van der Waals surface area contributed by atoms with Crippen LogP contribution in [0.15, 0.2) is 12.1 Å². The second kappa shape index (κ2) is 2.79. The van der Waals surface area contributed by atoms with E-state index in [2.05, 4.69) is 0 Å². The number of carboxylic acids is 1. The van der Waals surface area contributed by atoms with Crippen LogP contribution in [0.1, 0.15) is 5.56 Å². The maximum atomic E-state index is 10.8. The van der Waals surface area contributed by atoms with Crippen molar-refractivity contribution in [3.05, 3.63) is 17.7 Å². The van der Waals surface area contributed by atoms with Crippen molar-refractivity contribution in [2.24, 2.45) is 0 Å². The van der Waals surface area contributed by atoms with Crippen LogP contribution in [-0.4, -0.2) is 24.0 Å². The van der Waals surface area contributed by atoms with E-state index >= 15 is 0 Å². The summed E-state index contributed by atoms with van der Waals surface area (Å²) < 4.78 is 15.7. The van der Waals surface area contributed by atoms with Crippen molar-refractivity contribution in [3.8, 4) is 17.2 Å². The molecule has 0 fully saturated rings. The zero-order valence-corrected chi connectivity index (χ0v) is 7.73. The summed E-state index contributed by atoms with van der Waals surface area (Å²) in [4.78, 5) is 10.8. The standard InChI is InChI=1S/C10H8O5/c11-10(12)7-3-5-1-2-6-9(8(5)15-7)14-4-13-6/h1-2,7H,3-4H2,(H,11,12). The molecule has 1 atom stereocenters. The van der Waals surface area contributed by atoms with Crippen molar-refractivity contribution >= 4 is 5.97 Å². The molecule has 0 radical (unpaired) electrons. The Labute approximate surface area is 85.2 Å². The number of benzene rings is 1. The zero-order valence-electron chi connectivity index (χ0n) is 7.73. The van der Waals surface area contributed by atoms with Gasteiger partial charge in [0.05, 0.1) is 0 Å². The van der Waals surface area contributed by atoms with Crippen molar-refractivity contribution in [1.82, 2.24) is 0 Å². The molecule has 1 aromatic rings. The van der Waals surface area contributed by atoms with E-state index in [4.69, 9.17) is 19.3 Å². The first-order chi connectivity index (χ1) is 7.25. The summed E-state index contributed by atoms with van der Waals surface area (Å²) in [6, 6.07) is 3.58. The summed E-state index contributed by atoms with van der Waals surface area (Å²) in [5, 5.41) is 8.84. The molecular formula is C10H8O5. The minimum absolute atomic E-state index is 0.160. The van der Waals surface area contributed by atoms with Gasteiger partial charge in [0.2, 0.25) is 12.5 Å². The average Bonchev–Trinajstić information content (AvgIpc) is 2.82. The van der Waals surface area contributed by atoms with Crippen LogP contribution in [0.25, 0.3) is 0 Å². The zero-order chi connectivity index (χ0) is 10.4. The molecule has 0 saturated heterocycles. The Balaban J connectivity index is 2.03. The SMILES string of the molecule is O=C(O)C1Cc2ccc3c(c2O1)OCO3. The molecule has 3 rings (SSSR count). The van der Waals surface area contributed by atoms with E-state index < -0.39 is 12.1 Å². The monoisotopic (exact) mass is 208 g/mol. The molecule has 0 amide bonds. The molecule has 1 unspecified atom stereocenters. The average molecular weight is 208 g/mol. The lowest BCUT2D eigenvalue weighted by atomic mass is 10.1. The fourth-order valence-electron chi connectivity index (χ4n) is 1.80. The van der Waals surface area contributed by atoms with Gasteiger partial charge in [-0.3, -0.25) is 0 Å². The van der Waals surface area contributed by atoms with E-state index in [0.29, 0.717) is 23.7 Å². The van der Waals surface area contributed by atoms with E-state index in [1.807, 2.05) is 6.07 Å². The summed E-state index contributed by atoms with van der Waals surface area (Å²) in [7, 11) is 0. The van der Waals surface area contributed by atoms with Crippen LogP contribution in [-0.2, 0) is 11.2 Å². The van der Waals surface area contributed by atoms with Gasteiger partial charge < -0.3 is 19.3 Å². The number of aliphatic carboxylic acids is 1. The number of ether oxygens (including phenoxy) is 3. The van der Waals surface area contributed by atoms with Gasteiger partial charge in [0, 0.05) is 12.0 Å². The van der Waals surface area contributed by atoms with Gasteiger partial charge in [-0.05, 0) is 6.07 Å². The number of carboxylic acid groups (broad SMARTS) is 1. The van der Waals surface area contributed by atoms with Gasteiger partial charge in [-0.15, -0.1) is 0 Å². The highest BCUT2D eigenvalue weighted by atomic mass is 16.7. The first-order valence-corrected chi connectivity index (χ1v) is 4.56. The van der Waals surface area contributed by atoms with Gasteiger partial charge in [0.25, 0.3) is 0 Å². The Morgan fingerprint density at radius 3 is 3.00 bits per heavy atom. The molecule has 5 heteroatoms. The molecule has 0 aliphatic carbocycles. The third-order valence-corrected chi connectivity index (χ3v) is 2.52. The van der Waals surface area contributed by atoms with E-state index in [1.54, 1.807) is 6.07 Å². The molecular weight excluding hydrogens is 200 g/mol. The lowest BCUT2D eigenvalue weighted by Gasteiger charge is -2.05. The molecule has 0 saturated carbocycles. The van der Waals surface area contributed by atoms with Crippen molar-refractivity contribution in [2.75, 3.05) is 6.79 Å². The van der Waals surface area contributed by atoms with Crippen LogP contribution in [0.4, 0.5) is 0 Å². The summed E-state index contributed by atoms with van der Waals surface area (Å²) in [6.07, 6.45) is -0.433. The molecule has 1 N–H and O–H groups in total. The molecule has 2 aliphatic rings. The van der Waals surface area contributed by atoms with Crippen LogP contribution in [0.2, 0.25) is 0 Å². The Morgan fingerprint density at radius 2 is 2.20 bits per heavy atom. The highest BCUT2D eigenvalue weighted by Crippen LogP contribution is 2.46. The van der Waals surface area contributed by atoms with Crippen molar-refractivity contribution in [2.45, 2.75) is 12.5 Å². The van der Waals surface area contributed by atoms with Gasteiger partial charge in [-0.2, -0.15) is 0 Å². The number of fused-ring (bicyclic) bond motifs is 3. The third kappa shape index (κ3) is 1.12. The molecule has 2 heterocycles. The van der Waals surface area contributed by atoms with Crippen LogP contribution in [0.5, 0.6) is 17.2 Å². The quantitative estimate of drug-likeness (QED) is 0.739. The second-order valence-corrected chi connectivity index (χ2v) is 3.44. The van der Waals surface area contributed by atoms with Gasteiger partial charge in [0.15, 0.2) is 17.6 Å². The van der Waals surface area contributed by atoms with Crippen LogP contribution in [0, 0.1) is 0 Å². The molecule has 0 spiro atoms. The van der Waals surface area contributed by atoms with E-state index in [-0.39, 0.29) is 6.79 Å². The molecule has 0 aromatic heterocycles. The fourth-order valence-corrected chi connectivity index (χ4v) is 1.80. The molecule has 0 bridgehead atoms. The first-order valence-electron chi connectivity index (χ1n) is 4.56. The van der Waals surface area contributed by atoms with E-state index in [1.165, 1.54) is 0 Å². The normalized spacial score (nSPS) is 20.9. The van der Waals surface area contributed by atoms with E-state index in [0.717, 1.165) is 5.56 Å². The predicted molar refractivity (Wildman–Crippen MR) is 48.3 cm³/mol. The lowest BCUT2D eigenvalue weighted by molar-refractivity contribution is -0.144. The smallest absolute Gasteiger partial charge is 0.345 e. The van der Waals surface area contributed by atoms with Crippen LogP contribution in [0.3, 0.4) is 0 Å². The number of hydrogen-bond acceptors (Lipinski definition) is 4. The van der Waals surface area contributed by atoms with Gasteiger partial charge in [-0.25, -0.2) is 4.79 Å². The van der Waals surface area contributed by atoms with Crippen LogP contribution >= 0.6 is 0 Å². The molecule has 2 aliphatic heterocycles. The molecule has 15 heavy (non-hydrogen) atoms. The highest BCUT2D eigenvalue weighted by molar-refractivity contribution is 5.76. The summed E-state index contributed by atoms with van der Waals surface area (Å²) >= 11 is 0. The Bertz CT molecular complexity index is 440. The number of carbonyl (C=O) groups is 1. The second-order valence-electron chi connectivity index (χ2n) is 3.44. The third-order valence-electron chi connectivity index (χ3n) is 2.52. The maximum absolute atomic E-state index is 10.8. The first kappa shape index (κ1) is 8.40. The van der Waals surface area contributed by atoms with Crippen LogP contribution < -0.4 is 14.2 Å². The maximum Gasteiger partial charge on any atom is 0.345 e. The summed E-state index contributed by atoms with van der Waals surface area (Å²) in [5.74, 6) is 0.687. The van der Waals surface area contributed by atoms with Crippen molar-refractivity contribution in [3.63, 3.8) is 0 Å². The topological polar surface area (TPSA) is 65.0 Å². The Kier molecular flexibility index (Phi) is 1.56. The largest absolute Gasteiger partial charge is 0.478 e. The van der Waals surface area contributed by atoms with Crippen molar-refractivity contribution in [1.29, 1.82) is 0 Å². The van der Waals surface area contributed by atoms with E-state index in [9.17, 15) is 4.79 Å². The number of hydrogen-bond donors (Lipinski definition) is 1.